The molecule has 0 saturated carbocycles. The first-order valence-electron chi connectivity index (χ1n) is 27.5. The predicted molar refractivity (Wildman–Crippen MR) is 285 cm³/mol. The number of nitrogens with two attached hydrogens (primary N) is 1. The third kappa shape index (κ3) is 18.1. The lowest BCUT2D eigenvalue weighted by Crippen LogP contribution is -2.50. The lowest BCUT2D eigenvalue weighted by molar-refractivity contribution is -0.144. The molecule has 2 aliphatic rings. The maximum absolute atomic E-state index is 14.6. The summed E-state index contributed by atoms with van der Waals surface area (Å²) in [7, 11) is 1.28. The van der Waals surface area contributed by atoms with Gasteiger partial charge in [0.2, 0.25) is 35.3 Å². The van der Waals surface area contributed by atoms with Gasteiger partial charge in [-0.2, -0.15) is 0 Å². The largest absolute Gasteiger partial charge is 0.369 e. The van der Waals surface area contributed by atoms with Crippen molar-refractivity contribution in [1.29, 1.82) is 0 Å². The van der Waals surface area contributed by atoms with Gasteiger partial charge in [0.25, 0.3) is 5.91 Å². The number of hydrogen-bond acceptors (Lipinski definition) is 12. The van der Waals surface area contributed by atoms with Crippen LogP contribution in [0.4, 0.5) is 0 Å². The molecule has 2 fully saturated rings. The number of hydrogen-bond donors (Lipinski definition) is 5. The van der Waals surface area contributed by atoms with E-state index in [1.54, 1.807) is 6.20 Å². The van der Waals surface area contributed by atoms with Crippen molar-refractivity contribution in [2.45, 2.75) is 188 Å². The summed E-state index contributed by atoms with van der Waals surface area (Å²) in [5.41, 5.74) is 7.60. The minimum atomic E-state index is -1.32. The molecule has 19 nitrogen and oxygen atoms in total. The molecular formula is C57H83N7O12. The molecule has 3 heterocycles. The fourth-order valence-electron chi connectivity index (χ4n) is 10.6. The number of likely N-dealkylation sites (tertiary alicyclic amines) is 2. The Morgan fingerprint density at radius 2 is 1.39 bits per heavy atom. The average Bonchev–Trinajstić information content (AvgIpc) is 4.19. The number of rotatable bonds is 34. The van der Waals surface area contributed by atoms with Crippen LogP contribution in [0.5, 0.6) is 0 Å². The van der Waals surface area contributed by atoms with Crippen molar-refractivity contribution in [2.75, 3.05) is 20.1 Å². The number of carbonyl (C=O) groups excluding carboxylic acids is 12. The quantitative estimate of drug-likeness (QED) is 0.0581. The van der Waals surface area contributed by atoms with Crippen LogP contribution in [0.25, 0.3) is 10.9 Å². The van der Waals surface area contributed by atoms with Crippen LogP contribution in [0.1, 0.15) is 163 Å². The molecule has 0 bridgehead atoms. The number of unbranched alkanes of at least 4 members (excludes halogenated alkanes) is 1. The molecule has 2 saturated heterocycles. The number of para-hydroxylation sites is 1. The minimum Gasteiger partial charge on any atom is -0.369 e. The van der Waals surface area contributed by atoms with Crippen molar-refractivity contribution >= 4 is 81.0 Å². The summed E-state index contributed by atoms with van der Waals surface area (Å²) in [6, 6.07) is 3.71. The van der Waals surface area contributed by atoms with Crippen LogP contribution in [-0.2, 0) is 64.0 Å². The van der Waals surface area contributed by atoms with E-state index in [-0.39, 0.29) is 105 Å². The maximum atomic E-state index is 14.6. The number of amides is 6. The first-order chi connectivity index (χ1) is 36.1. The van der Waals surface area contributed by atoms with Gasteiger partial charge in [0.05, 0.1) is 24.2 Å². The van der Waals surface area contributed by atoms with E-state index in [0.29, 0.717) is 64.5 Å². The Kier molecular flexibility index (Phi) is 24.8. The van der Waals surface area contributed by atoms with Gasteiger partial charge in [-0.25, -0.2) is 0 Å². The molecule has 1 unspecified atom stereocenters. The molecule has 2 aromatic rings. The Labute approximate surface area is 447 Å². The van der Waals surface area contributed by atoms with Crippen LogP contribution in [-0.4, -0.2) is 129 Å². The van der Waals surface area contributed by atoms with Gasteiger partial charge in [0.15, 0.2) is 23.1 Å². The van der Waals surface area contributed by atoms with Crippen LogP contribution >= 0.6 is 0 Å². The van der Waals surface area contributed by atoms with Gasteiger partial charge in [0, 0.05) is 106 Å². The number of carbonyl (C=O) groups is 12. The highest BCUT2D eigenvalue weighted by Crippen LogP contribution is 2.30. The number of fused-ring (bicyclic) bond motifs is 1. The topological polar surface area (TPSA) is 289 Å². The van der Waals surface area contributed by atoms with Crippen molar-refractivity contribution in [2.24, 2.45) is 35.3 Å². The Morgan fingerprint density at radius 3 is 2.03 bits per heavy atom. The van der Waals surface area contributed by atoms with Crippen molar-refractivity contribution in [3.63, 3.8) is 0 Å². The molecule has 76 heavy (non-hydrogen) atoms. The highest BCUT2D eigenvalue weighted by Gasteiger charge is 2.41. The summed E-state index contributed by atoms with van der Waals surface area (Å²) in [4.78, 5) is 167. The fourth-order valence-corrected chi connectivity index (χ4v) is 10.6. The molecule has 0 aliphatic carbocycles. The van der Waals surface area contributed by atoms with Crippen molar-refractivity contribution < 1.29 is 57.5 Å². The molecule has 2 aliphatic heterocycles. The van der Waals surface area contributed by atoms with Gasteiger partial charge >= 0.3 is 0 Å². The van der Waals surface area contributed by atoms with Crippen LogP contribution < -0.4 is 21.7 Å². The molecule has 6 N–H and O–H groups in total. The molecule has 0 spiro atoms. The summed E-state index contributed by atoms with van der Waals surface area (Å²) in [6.07, 6.45) is 4.22. The van der Waals surface area contributed by atoms with Crippen LogP contribution in [0, 0.1) is 29.6 Å². The molecular weight excluding hydrogens is 975 g/mol. The summed E-state index contributed by atoms with van der Waals surface area (Å²) >= 11 is 0. The Balaban J connectivity index is 1.48. The number of nitrogens with zero attached hydrogens (tertiary/aromatic N) is 2. The van der Waals surface area contributed by atoms with Crippen molar-refractivity contribution in [3.8, 4) is 0 Å². The van der Waals surface area contributed by atoms with Gasteiger partial charge in [-0.1, -0.05) is 72.1 Å². The SMILES string of the molecule is CCCC[C@H](CC(=O)[C@H](CCC(=O)C(=O)NC)NC(=O)CCC(=O)[C@@H]1CCCN1C(=O)CCC(C)=O)C(=O)N[C@H](C(=O)C[C@@H](CC(C)C)C(=O)N1CCC[C@H]1C(=O)C[C@@H](Cc1c[nH]c2ccccc12)C(N)=O)C(C)CC. The van der Waals surface area contributed by atoms with E-state index in [2.05, 4.69) is 20.9 Å². The molecule has 0 radical (unpaired) electrons. The highest BCUT2D eigenvalue weighted by atomic mass is 16.2. The smallest absolute Gasteiger partial charge is 0.287 e. The second kappa shape index (κ2) is 30.4. The van der Waals surface area contributed by atoms with Gasteiger partial charge in [0.1, 0.15) is 5.78 Å². The first-order valence-corrected chi connectivity index (χ1v) is 27.5. The molecule has 1 aromatic carbocycles. The van der Waals surface area contributed by atoms with Crippen molar-refractivity contribution in [3.05, 3.63) is 36.0 Å². The Hall–Kier alpha value is -6.40. The van der Waals surface area contributed by atoms with E-state index in [4.69, 9.17) is 5.73 Å². The van der Waals surface area contributed by atoms with Gasteiger partial charge in [-0.15, -0.1) is 0 Å². The molecule has 4 rings (SSSR count). The maximum Gasteiger partial charge on any atom is 0.287 e. The second-order valence-electron chi connectivity index (χ2n) is 21.5. The predicted octanol–water partition coefficient (Wildman–Crippen LogP) is 4.97. The number of H-pyrrole nitrogens is 1. The van der Waals surface area contributed by atoms with Crippen LogP contribution in [0.3, 0.4) is 0 Å². The molecule has 418 valence electrons. The normalized spacial score (nSPS) is 17.8. The van der Waals surface area contributed by atoms with Crippen LogP contribution in [0.15, 0.2) is 30.5 Å². The summed E-state index contributed by atoms with van der Waals surface area (Å²) in [6.45, 7) is 11.5. The van der Waals surface area contributed by atoms with Gasteiger partial charge < -0.3 is 41.3 Å². The number of benzene rings is 1. The minimum absolute atomic E-state index is 0.0201. The Bertz CT molecular complexity index is 2430. The highest BCUT2D eigenvalue weighted by molar-refractivity contribution is 6.36. The third-order valence-electron chi connectivity index (χ3n) is 15.1. The van der Waals surface area contributed by atoms with Crippen LogP contribution in [0.2, 0.25) is 0 Å². The zero-order chi connectivity index (χ0) is 56.2. The summed E-state index contributed by atoms with van der Waals surface area (Å²) in [5, 5.41) is 8.73. The summed E-state index contributed by atoms with van der Waals surface area (Å²) in [5.74, 6) is -9.03. The second-order valence-corrected chi connectivity index (χ2v) is 21.5. The fraction of sp³-hybridized carbons (Fsp3) is 0.649. The molecule has 8 atom stereocenters. The number of aromatic nitrogens is 1. The van der Waals surface area contributed by atoms with Crippen molar-refractivity contribution in [1.82, 2.24) is 30.7 Å². The number of nitrogens with one attached hydrogen (secondary N) is 4. The molecule has 1 aromatic heterocycles. The van der Waals surface area contributed by atoms with E-state index in [1.165, 1.54) is 23.8 Å². The molecule has 6 amide bonds. The number of likely N-dealkylation sites (N-methyl/N-ethyl adjacent to an activating group) is 1. The van der Waals surface area contributed by atoms with E-state index < -0.39 is 89.5 Å². The summed E-state index contributed by atoms with van der Waals surface area (Å²) < 4.78 is 0. The van der Waals surface area contributed by atoms with E-state index in [1.807, 2.05) is 58.9 Å². The number of aromatic amines is 1. The van der Waals surface area contributed by atoms with E-state index >= 15 is 0 Å². The van der Waals surface area contributed by atoms with E-state index in [0.717, 1.165) is 16.5 Å². The zero-order valence-corrected chi connectivity index (χ0v) is 45.8. The van der Waals surface area contributed by atoms with Gasteiger partial charge in [-0.3, -0.25) is 52.7 Å². The monoisotopic (exact) mass is 1060 g/mol. The standard InChI is InChI=1S/C57H83N7O12/c1-8-10-15-37(30-48(68)43(21-22-47(67)56(75)59-7)61-51(71)24-23-46(66)44-18-13-26-63(44)52(72)25-20-36(6)65)55(74)62-53(35(5)9-2)50(70)32-39(28-34(3)4)57(76)64-27-14-19-45(64)49(69)31-38(54(58)73)29-40-33-60-42-17-12-11-16-41(40)42/h11-12,16-17,33-35,37-39,43-45,53,60H,8-10,13-15,18-32H2,1-7H3,(H2,58,73)(H,59,75)(H,61,71)(H,62,74)/t35?,37-,38-,39-,43+,44+,45+,53+/m1/s1. The lowest BCUT2D eigenvalue weighted by atomic mass is 9.84. The number of ketones is 6. The third-order valence-corrected chi connectivity index (χ3v) is 15.1. The average molecular weight is 1060 g/mol. The molecule has 19 heteroatoms. The Morgan fingerprint density at radius 1 is 0.737 bits per heavy atom. The lowest BCUT2D eigenvalue weighted by Gasteiger charge is -2.31. The first kappa shape index (κ1) is 62.1. The van der Waals surface area contributed by atoms with Gasteiger partial charge in [-0.05, 0) is 81.8 Å². The number of primary amides is 1. The number of Topliss-reactive ketones (excluding diaryl/α,β-unsaturated/α-hetero) is 6. The zero-order valence-electron chi connectivity index (χ0n) is 45.8. The van der Waals surface area contributed by atoms with E-state index in [9.17, 15) is 57.5 Å².